The van der Waals surface area contributed by atoms with Gasteiger partial charge in [0.25, 0.3) is 5.78 Å². The second-order valence-corrected chi connectivity index (χ2v) is 6.00. The number of allylic oxidation sites excluding steroid dienone is 1. The highest BCUT2D eigenvalue weighted by atomic mass is 79.9. The summed E-state index contributed by atoms with van der Waals surface area (Å²) in [4.78, 5) is 23.0. The van der Waals surface area contributed by atoms with Crippen LogP contribution >= 0.6 is 15.9 Å². The van der Waals surface area contributed by atoms with E-state index in [1.807, 2.05) is 0 Å². The van der Waals surface area contributed by atoms with Crippen LogP contribution < -0.4 is 10.6 Å². The smallest absolute Gasteiger partial charge is 0.379 e. The monoisotopic (exact) mass is 392 g/mol. The number of hydrogen-bond donors (Lipinski definition) is 2. The third-order valence-corrected chi connectivity index (χ3v) is 3.32. The lowest BCUT2D eigenvalue weighted by Gasteiger charge is -2.20. The number of hydrogen-bond acceptors (Lipinski definition) is 3. The minimum absolute atomic E-state index is 0.201. The van der Waals surface area contributed by atoms with Gasteiger partial charge in [0, 0.05) is 22.4 Å². The Bertz CT molecular complexity index is 601. The second-order valence-electron chi connectivity index (χ2n) is 5.08. The fourth-order valence-electron chi connectivity index (χ4n) is 1.68. The van der Waals surface area contributed by atoms with E-state index in [9.17, 15) is 22.8 Å². The highest BCUT2D eigenvalue weighted by molar-refractivity contribution is 9.10. The first kappa shape index (κ1) is 19.2. The van der Waals surface area contributed by atoms with Crippen LogP contribution in [0.25, 0.3) is 0 Å². The molecular formula is C15H16BrF3N2O2. The molecule has 0 aliphatic carbocycles. The number of halogens is 4. The van der Waals surface area contributed by atoms with Gasteiger partial charge < -0.3 is 10.6 Å². The Labute approximate surface area is 140 Å². The first-order valence-corrected chi connectivity index (χ1v) is 7.50. The number of ketones is 1. The molecule has 0 aromatic heterocycles. The standard InChI is InChI=1S/C15H16BrF3N2O2/c1-9(2)13(20-7-6-12(22)15(17,18)19)14(23)21-11-5-3-4-10(16)8-11/h3-9,13,20H,1-2H3,(H,21,23)/b7-6+. The maximum absolute atomic E-state index is 12.2. The summed E-state index contributed by atoms with van der Waals surface area (Å²) in [5.41, 5.74) is 0.548. The Morgan fingerprint density at radius 1 is 1.26 bits per heavy atom. The fraction of sp³-hybridized carbons (Fsp3) is 0.333. The Morgan fingerprint density at radius 3 is 2.43 bits per heavy atom. The third kappa shape index (κ3) is 6.43. The second kappa shape index (κ2) is 8.14. The zero-order valence-corrected chi connectivity index (χ0v) is 14.0. The first-order valence-electron chi connectivity index (χ1n) is 6.71. The molecule has 0 fully saturated rings. The Hall–Kier alpha value is -1.83. The largest absolute Gasteiger partial charge is 0.454 e. The predicted molar refractivity (Wildman–Crippen MR) is 84.7 cm³/mol. The van der Waals surface area contributed by atoms with Crippen molar-refractivity contribution >= 4 is 33.3 Å². The zero-order valence-electron chi connectivity index (χ0n) is 12.4. The van der Waals surface area contributed by atoms with Gasteiger partial charge in [-0.1, -0.05) is 35.8 Å². The summed E-state index contributed by atoms with van der Waals surface area (Å²) in [7, 11) is 0. The van der Waals surface area contributed by atoms with E-state index in [1.54, 1.807) is 38.1 Å². The SMILES string of the molecule is CC(C)C(N/C=C/C(=O)C(F)(F)F)C(=O)Nc1cccc(Br)c1. The molecule has 1 amide bonds. The van der Waals surface area contributed by atoms with Crippen LogP contribution in [-0.4, -0.2) is 23.9 Å². The van der Waals surface area contributed by atoms with Crippen LogP contribution in [0.3, 0.4) is 0 Å². The molecule has 0 heterocycles. The van der Waals surface area contributed by atoms with Crippen LogP contribution in [0, 0.1) is 5.92 Å². The minimum Gasteiger partial charge on any atom is -0.379 e. The van der Waals surface area contributed by atoms with Gasteiger partial charge in [0.05, 0.1) is 0 Å². The van der Waals surface area contributed by atoms with Crippen LogP contribution in [0.15, 0.2) is 41.0 Å². The Kier molecular flexibility index (Phi) is 6.80. The molecule has 4 nitrogen and oxygen atoms in total. The Balaban J connectivity index is 2.73. The average molecular weight is 393 g/mol. The summed E-state index contributed by atoms with van der Waals surface area (Å²) in [6.45, 7) is 3.47. The number of carbonyl (C=O) groups is 2. The summed E-state index contributed by atoms with van der Waals surface area (Å²) < 4.78 is 37.1. The molecular weight excluding hydrogens is 377 g/mol. The van der Waals surface area contributed by atoms with Crippen LogP contribution in [0.5, 0.6) is 0 Å². The number of carbonyl (C=O) groups excluding carboxylic acids is 2. The van der Waals surface area contributed by atoms with Crippen molar-refractivity contribution in [2.75, 3.05) is 5.32 Å². The first-order chi connectivity index (χ1) is 10.6. The van der Waals surface area contributed by atoms with Crippen molar-refractivity contribution in [1.29, 1.82) is 0 Å². The van der Waals surface area contributed by atoms with Crippen molar-refractivity contribution in [3.8, 4) is 0 Å². The predicted octanol–water partition coefficient (Wildman–Crippen LogP) is 3.65. The fourth-order valence-corrected chi connectivity index (χ4v) is 2.08. The number of anilines is 1. The maximum Gasteiger partial charge on any atom is 0.454 e. The van der Waals surface area contributed by atoms with Gasteiger partial charge in [-0.25, -0.2) is 0 Å². The molecule has 0 spiro atoms. The van der Waals surface area contributed by atoms with E-state index in [1.165, 1.54) is 0 Å². The van der Waals surface area contributed by atoms with Crippen LogP contribution in [0.4, 0.5) is 18.9 Å². The molecule has 8 heteroatoms. The van der Waals surface area contributed by atoms with E-state index in [4.69, 9.17) is 0 Å². The molecule has 0 bridgehead atoms. The number of nitrogens with one attached hydrogen (secondary N) is 2. The number of benzene rings is 1. The van der Waals surface area contributed by atoms with Crippen molar-refractivity contribution < 1.29 is 22.8 Å². The highest BCUT2D eigenvalue weighted by Gasteiger charge is 2.36. The quantitative estimate of drug-likeness (QED) is 0.726. The highest BCUT2D eigenvalue weighted by Crippen LogP contribution is 2.17. The van der Waals surface area contributed by atoms with E-state index < -0.39 is 23.9 Å². The van der Waals surface area contributed by atoms with Crippen molar-refractivity contribution in [3.05, 3.63) is 41.0 Å². The van der Waals surface area contributed by atoms with Crippen molar-refractivity contribution in [3.63, 3.8) is 0 Å². The zero-order chi connectivity index (χ0) is 17.6. The summed E-state index contributed by atoms with van der Waals surface area (Å²) in [5.74, 6) is -2.60. The van der Waals surface area contributed by atoms with Gasteiger partial charge in [0.1, 0.15) is 6.04 Å². The lowest BCUT2D eigenvalue weighted by molar-refractivity contribution is -0.165. The average Bonchev–Trinajstić information content (AvgIpc) is 2.41. The van der Waals surface area contributed by atoms with E-state index in [0.717, 1.165) is 10.7 Å². The van der Waals surface area contributed by atoms with Gasteiger partial charge in [-0.3, -0.25) is 9.59 Å². The van der Waals surface area contributed by atoms with E-state index >= 15 is 0 Å². The van der Waals surface area contributed by atoms with Gasteiger partial charge in [-0.15, -0.1) is 0 Å². The summed E-state index contributed by atoms with van der Waals surface area (Å²) in [6, 6.07) is 6.12. The molecule has 1 rings (SSSR count). The van der Waals surface area contributed by atoms with E-state index in [2.05, 4.69) is 26.6 Å². The van der Waals surface area contributed by atoms with Gasteiger partial charge in [-0.2, -0.15) is 13.2 Å². The van der Waals surface area contributed by atoms with Gasteiger partial charge in [0.2, 0.25) is 5.91 Å². The Morgan fingerprint density at radius 2 is 1.91 bits per heavy atom. The molecule has 1 aromatic rings. The maximum atomic E-state index is 12.2. The molecule has 126 valence electrons. The van der Waals surface area contributed by atoms with Crippen LogP contribution in [0.2, 0.25) is 0 Å². The van der Waals surface area contributed by atoms with Crippen molar-refractivity contribution in [2.45, 2.75) is 26.1 Å². The van der Waals surface area contributed by atoms with Crippen LogP contribution in [0.1, 0.15) is 13.8 Å². The van der Waals surface area contributed by atoms with Gasteiger partial charge in [0.15, 0.2) is 0 Å². The molecule has 0 radical (unpaired) electrons. The molecule has 1 aromatic carbocycles. The molecule has 0 aliphatic heterocycles. The molecule has 0 aliphatic rings. The molecule has 23 heavy (non-hydrogen) atoms. The topological polar surface area (TPSA) is 58.2 Å². The van der Waals surface area contributed by atoms with E-state index in [0.29, 0.717) is 11.8 Å². The van der Waals surface area contributed by atoms with Crippen LogP contribution in [-0.2, 0) is 9.59 Å². The van der Waals surface area contributed by atoms with Crippen molar-refractivity contribution in [1.82, 2.24) is 5.32 Å². The summed E-state index contributed by atoms with van der Waals surface area (Å²) in [6.07, 6.45) is -3.72. The lowest BCUT2D eigenvalue weighted by atomic mass is 10.0. The molecule has 1 atom stereocenters. The van der Waals surface area contributed by atoms with E-state index in [-0.39, 0.29) is 5.92 Å². The number of alkyl halides is 3. The third-order valence-electron chi connectivity index (χ3n) is 2.83. The molecule has 0 saturated carbocycles. The minimum atomic E-state index is -4.93. The van der Waals surface area contributed by atoms with Crippen molar-refractivity contribution in [2.24, 2.45) is 5.92 Å². The number of rotatable bonds is 6. The normalized spacial score (nSPS) is 13.2. The van der Waals surface area contributed by atoms with Gasteiger partial charge >= 0.3 is 6.18 Å². The number of amides is 1. The summed E-state index contributed by atoms with van der Waals surface area (Å²) >= 11 is 3.27. The van der Waals surface area contributed by atoms with Gasteiger partial charge in [-0.05, 0) is 24.1 Å². The molecule has 2 N–H and O–H groups in total. The lowest BCUT2D eigenvalue weighted by Crippen LogP contribution is -2.42. The molecule has 1 unspecified atom stereocenters. The molecule has 0 saturated heterocycles. The summed E-state index contributed by atoms with van der Waals surface area (Å²) in [5, 5.41) is 5.19.